The second kappa shape index (κ2) is 6.89. The molecule has 1 aliphatic rings. The molecule has 1 aliphatic heterocycles. The van der Waals surface area contributed by atoms with Gasteiger partial charge in [0.05, 0.1) is 13.2 Å². The monoisotopic (exact) mass is 227 g/mol. The molecule has 3 heteroatoms. The van der Waals surface area contributed by atoms with Crippen molar-refractivity contribution in [3.8, 4) is 0 Å². The number of piperidine rings is 1. The van der Waals surface area contributed by atoms with Gasteiger partial charge in [-0.25, -0.2) is 0 Å². The average Bonchev–Trinajstić information content (AvgIpc) is 2.23. The molecule has 0 aromatic heterocycles. The lowest BCUT2D eigenvalue weighted by molar-refractivity contribution is -0.146. The summed E-state index contributed by atoms with van der Waals surface area (Å²) in [6.07, 6.45) is 4.44. The minimum Gasteiger partial charge on any atom is -0.465 e. The Morgan fingerprint density at radius 2 is 2.19 bits per heavy atom. The summed E-state index contributed by atoms with van der Waals surface area (Å²) in [6, 6.07) is 0.516. The van der Waals surface area contributed by atoms with Gasteiger partial charge in [0.15, 0.2) is 0 Å². The van der Waals surface area contributed by atoms with Gasteiger partial charge >= 0.3 is 5.97 Å². The van der Waals surface area contributed by atoms with Gasteiger partial charge in [-0.1, -0.05) is 20.3 Å². The van der Waals surface area contributed by atoms with E-state index in [0.29, 0.717) is 19.2 Å². The Bertz CT molecular complexity index is 218. The zero-order valence-corrected chi connectivity index (χ0v) is 10.9. The van der Waals surface area contributed by atoms with Gasteiger partial charge in [-0.2, -0.15) is 0 Å². The van der Waals surface area contributed by atoms with Gasteiger partial charge in [-0.05, 0) is 38.6 Å². The number of carbonyl (C=O) groups excluding carboxylic acids is 1. The molecule has 0 amide bonds. The van der Waals surface area contributed by atoms with Crippen LogP contribution in [0.1, 0.15) is 46.5 Å². The number of rotatable bonds is 5. The standard InChI is InChI=1S/C13H25NO2/c1-4-5-8-16-13(15)10-14-7-6-11(2)9-12(14)3/h11-12H,4-10H2,1-3H3. The van der Waals surface area contributed by atoms with Crippen LogP contribution in [0.4, 0.5) is 0 Å². The van der Waals surface area contributed by atoms with Crippen LogP contribution in [0.3, 0.4) is 0 Å². The smallest absolute Gasteiger partial charge is 0.320 e. The van der Waals surface area contributed by atoms with E-state index >= 15 is 0 Å². The molecule has 1 fully saturated rings. The number of nitrogens with zero attached hydrogens (tertiary/aromatic N) is 1. The minimum absolute atomic E-state index is 0.0603. The van der Waals surface area contributed by atoms with E-state index in [1.807, 2.05) is 0 Å². The summed E-state index contributed by atoms with van der Waals surface area (Å²) in [5.41, 5.74) is 0. The van der Waals surface area contributed by atoms with Crippen molar-refractivity contribution >= 4 is 5.97 Å². The van der Waals surface area contributed by atoms with Gasteiger partial charge < -0.3 is 4.74 Å². The number of hydrogen-bond acceptors (Lipinski definition) is 3. The summed E-state index contributed by atoms with van der Waals surface area (Å²) in [4.78, 5) is 13.8. The first-order valence-corrected chi connectivity index (χ1v) is 6.53. The van der Waals surface area contributed by atoms with E-state index in [-0.39, 0.29) is 5.97 Å². The second-order valence-corrected chi connectivity index (χ2v) is 5.02. The fraction of sp³-hybridized carbons (Fsp3) is 0.923. The van der Waals surface area contributed by atoms with Crippen LogP contribution >= 0.6 is 0 Å². The van der Waals surface area contributed by atoms with E-state index in [1.165, 1.54) is 12.8 Å². The number of carbonyl (C=O) groups is 1. The van der Waals surface area contributed by atoms with Crippen molar-refractivity contribution in [3.63, 3.8) is 0 Å². The normalized spacial score (nSPS) is 26.7. The summed E-state index contributed by atoms with van der Waals surface area (Å²) in [7, 11) is 0. The highest BCUT2D eigenvalue weighted by atomic mass is 16.5. The van der Waals surface area contributed by atoms with E-state index in [4.69, 9.17) is 4.74 Å². The lowest BCUT2D eigenvalue weighted by atomic mass is 9.93. The molecule has 3 nitrogen and oxygen atoms in total. The zero-order valence-electron chi connectivity index (χ0n) is 10.9. The molecule has 0 aromatic carbocycles. The molecule has 0 saturated carbocycles. The molecule has 94 valence electrons. The largest absolute Gasteiger partial charge is 0.465 e. The van der Waals surface area contributed by atoms with Crippen molar-refractivity contribution in [3.05, 3.63) is 0 Å². The maximum absolute atomic E-state index is 11.5. The SMILES string of the molecule is CCCCOC(=O)CN1CCC(C)CC1C. The molecule has 0 aromatic rings. The zero-order chi connectivity index (χ0) is 12.0. The molecular formula is C13H25NO2. The predicted molar refractivity (Wildman–Crippen MR) is 65.3 cm³/mol. The van der Waals surface area contributed by atoms with E-state index in [2.05, 4.69) is 25.7 Å². The highest BCUT2D eigenvalue weighted by molar-refractivity contribution is 5.71. The Morgan fingerprint density at radius 1 is 1.44 bits per heavy atom. The predicted octanol–water partition coefficient (Wildman–Crippen LogP) is 2.45. The van der Waals surface area contributed by atoms with Gasteiger partial charge in [0.1, 0.15) is 0 Å². The first-order valence-electron chi connectivity index (χ1n) is 6.53. The van der Waals surface area contributed by atoms with E-state index in [1.54, 1.807) is 0 Å². The molecule has 0 aliphatic carbocycles. The Kier molecular flexibility index (Phi) is 5.81. The minimum atomic E-state index is -0.0603. The molecule has 16 heavy (non-hydrogen) atoms. The van der Waals surface area contributed by atoms with Crippen molar-refractivity contribution in [2.75, 3.05) is 19.7 Å². The molecular weight excluding hydrogens is 202 g/mol. The summed E-state index contributed by atoms with van der Waals surface area (Å²) < 4.78 is 5.18. The van der Waals surface area contributed by atoms with E-state index in [9.17, 15) is 4.79 Å². The van der Waals surface area contributed by atoms with E-state index < -0.39 is 0 Å². The number of likely N-dealkylation sites (tertiary alicyclic amines) is 1. The molecule has 1 rings (SSSR count). The molecule has 1 heterocycles. The highest BCUT2D eigenvalue weighted by Gasteiger charge is 2.24. The maximum atomic E-state index is 11.5. The third-order valence-electron chi connectivity index (χ3n) is 3.37. The topological polar surface area (TPSA) is 29.5 Å². The van der Waals surface area contributed by atoms with Gasteiger partial charge in [0.25, 0.3) is 0 Å². The molecule has 0 bridgehead atoms. The summed E-state index contributed by atoms with van der Waals surface area (Å²) in [5, 5.41) is 0. The third-order valence-corrected chi connectivity index (χ3v) is 3.37. The Morgan fingerprint density at radius 3 is 2.81 bits per heavy atom. The van der Waals surface area contributed by atoms with Crippen LogP contribution in [0.2, 0.25) is 0 Å². The van der Waals surface area contributed by atoms with Crippen LogP contribution < -0.4 is 0 Å². The lowest BCUT2D eigenvalue weighted by Gasteiger charge is -2.35. The first-order chi connectivity index (χ1) is 7.63. The number of esters is 1. The van der Waals surface area contributed by atoms with E-state index in [0.717, 1.165) is 25.3 Å². The summed E-state index contributed by atoms with van der Waals surface area (Å²) >= 11 is 0. The molecule has 2 unspecified atom stereocenters. The van der Waals surface area contributed by atoms with Gasteiger partial charge in [-0.3, -0.25) is 9.69 Å². The second-order valence-electron chi connectivity index (χ2n) is 5.02. The molecule has 1 saturated heterocycles. The van der Waals surface area contributed by atoms with Crippen molar-refractivity contribution in [1.29, 1.82) is 0 Å². The number of ether oxygens (including phenoxy) is 1. The van der Waals surface area contributed by atoms with Crippen molar-refractivity contribution in [2.24, 2.45) is 5.92 Å². The lowest BCUT2D eigenvalue weighted by Crippen LogP contribution is -2.43. The van der Waals surface area contributed by atoms with Crippen LogP contribution in [-0.4, -0.2) is 36.6 Å². The molecule has 0 radical (unpaired) electrons. The molecule has 2 atom stereocenters. The number of unbranched alkanes of at least 4 members (excludes halogenated alkanes) is 1. The maximum Gasteiger partial charge on any atom is 0.320 e. The fourth-order valence-electron chi connectivity index (χ4n) is 2.23. The Hall–Kier alpha value is -0.570. The van der Waals surface area contributed by atoms with Crippen molar-refractivity contribution in [1.82, 2.24) is 4.90 Å². The summed E-state index contributed by atoms with van der Waals surface area (Å²) in [6.45, 7) is 8.67. The first kappa shape index (κ1) is 13.5. The quantitative estimate of drug-likeness (QED) is 0.534. The average molecular weight is 227 g/mol. The molecule has 0 N–H and O–H groups in total. The van der Waals surface area contributed by atoms with Crippen LogP contribution in [0.5, 0.6) is 0 Å². The Labute approximate surface area is 99.1 Å². The summed E-state index contributed by atoms with van der Waals surface area (Å²) in [5.74, 6) is 0.734. The number of hydrogen-bond donors (Lipinski definition) is 0. The van der Waals surface area contributed by atoms with Crippen molar-refractivity contribution < 1.29 is 9.53 Å². The van der Waals surface area contributed by atoms with Crippen LogP contribution in [0.25, 0.3) is 0 Å². The third kappa shape index (κ3) is 4.52. The molecule has 0 spiro atoms. The van der Waals surface area contributed by atoms with Crippen LogP contribution in [0.15, 0.2) is 0 Å². The fourth-order valence-corrected chi connectivity index (χ4v) is 2.23. The van der Waals surface area contributed by atoms with Crippen LogP contribution in [-0.2, 0) is 9.53 Å². The highest BCUT2D eigenvalue weighted by Crippen LogP contribution is 2.21. The van der Waals surface area contributed by atoms with Gasteiger partial charge in [0.2, 0.25) is 0 Å². The van der Waals surface area contributed by atoms with Gasteiger partial charge in [0, 0.05) is 6.04 Å². The Balaban J connectivity index is 2.22. The van der Waals surface area contributed by atoms with Gasteiger partial charge in [-0.15, -0.1) is 0 Å². The van der Waals surface area contributed by atoms with Crippen molar-refractivity contribution in [2.45, 2.75) is 52.5 Å². The van der Waals surface area contributed by atoms with Crippen LogP contribution in [0, 0.1) is 5.92 Å².